The summed E-state index contributed by atoms with van der Waals surface area (Å²) in [7, 11) is 0. The maximum atomic E-state index is 12.5. The fourth-order valence-corrected chi connectivity index (χ4v) is 3.27. The van der Waals surface area contributed by atoms with Crippen LogP contribution in [0.1, 0.15) is 41.8 Å². The van der Waals surface area contributed by atoms with E-state index in [4.69, 9.17) is 10.8 Å². The standard InChI is InChI=1S/C13H20N4O2S/c14-11-10(12(19)17(6-7-18)9-4-5-9)20-13(16-11)15-8-2-1-3-8/h8-9,18H,1-7,14H2,(H,15,16). The highest BCUT2D eigenvalue weighted by atomic mass is 32.1. The Morgan fingerprint density at radius 3 is 2.75 bits per heavy atom. The molecule has 0 radical (unpaired) electrons. The van der Waals surface area contributed by atoms with Crippen LogP contribution < -0.4 is 11.1 Å². The van der Waals surface area contributed by atoms with Gasteiger partial charge in [0.15, 0.2) is 5.13 Å². The number of nitrogens with one attached hydrogen (secondary N) is 1. The highest BCUT2D eigenvalue weighted by Gasteiger charge is 2.34. The SMILES string of the molecule is Nc1nc(NC2CCC2)sc1C(=O)N(CCO)C1CC1. The van der Waals surface area contributed by atoms with Crippen LogP contribution in [0.3, 0.4) is 0 Å². The Balaban J connectivity index is 1.72. The molecule has 0 unspecified atom stereocenters. The van der Waals surface area contributed by atoms with E-state index in [9.17, 15) is 4.79 Å². The molecule has 1 heterocycles. The Hall–Kier alpha value is -1.34. The molecule has 0 saturated heterocycles. The number of aromatic nitrogens is 1. The molecule has 1 aromatic heterocycles. The summed E-state index contributed by atoms with van der Waals surface area (Å²) in [5.74, 6) is 0.198. The van der Waals surface area contributed by atoms with E-state index in [2.05, 4.69) is 10.3 Å². The molecule has 2 fully saturated rings. The second-order valence-electron chi connectivity index (χ2n) is 5.46. The second-order valence-corrected chi connectivity index (χ2v) is 6.46. The molecule has 0 atom stereocenters. The molecule has 6 nitrogen and oxygen atoms in total. The van der Waals surface area contributed by atoms with Crippen molar-refractivity contribution in [2.45, 2.75) is 44.2 Å². The van der Waals surface area contributed by atoms with E-state index in [0.717, 1.165) is 30.8 Å². The molecule has 1 aromatic rings. The van der Waals surface area contributed by atoms with Crippen LogP contribution in [-0.2, 0) is 0 Å². The minimum absolute atomic E-state index is 0.0197. The molecule has 0 spiro atoms. The highest BCUT2D eigenvalue weighted by molar-refractivity contribution is 7.18. The van der Waals surface area contributed by atoms with Crippen molar-refractivity contribution in [3.8, 4) is 0 Å². The molecular formula is C13H20N4O2S. The van der Waals surface area contributed by atoms with E-state index < -0.39 is 0 Å². The van der Waals surface area contributed by atoms with Crippen molar-refractivity contribution in [3.05, 3.63) is 4.88 Å². The number of thiazole rings is 1. The summed E-state index contributed by atoms with van der Waals surface area (Å²) in [5, 5.41) is 13.1. The number of carbonyl (C=O) groups is 1. The fourth-order valence-electron chi connectivity index (χ4n) is 2.35. The first-order valence-electron chi connectivity index (χ1n) is 7.13. The van der Waals surface area contributed by atoms with Crippen molar-refractivity contribution in [3.63, 3.8) is 0 Å². The minimum Gasteiger partial charge on any atom is -0.395 e. The summed E-state index contributed by atoms with van der Waals surface area (Å²) >= 11 is 1.32. The average Bonchev–Trinajstić information content (AvgIpc) is 3.14. The third kappa shape index (κ3) is 2.73. The van der Waals surface area contributed by atoms with Gasteiger partial charge in [-0.25, -0.2) is 4.98 Å². The van der Waals surface area contributed by atoms with Crippen LogP contribution in [-0.4, -0.2) is 46.1 Å². The van der Waals surface area contributed by atoms with Gasteiger partial charge in [0.25, 0.3) is 5.91 Å². The van der Waals surface area contributed by atoms with Crippen LogP contribution in [0.4, 0.5) is 10.9 Å². The van der Waals surface area contributed by atoms with Gasteiger partial charge in [-0.2, -0.15) is 0 Å². The highest BCUT2D eigenvalue weighted by Crippen LogP contribution is 2.33. The first-order valence-corrected chi connectivity index (χ1v) is 7.95. The first kappa shape index (κ1) is 13.6. The van der Waals surface area contributed by atoms with Gasteiger partial charge in [0.1, 0.15) is 10.7 Å². The number of nitrogen functional groups attached to an aromatic ring is 1. The van der Waals surface area contributed by atoms with Gasteiger partial charge in [0.05, 0.1) is 6.61 Å². The summed E-state index contributed by atoms with van der Waals surface area (Å²) in [4.78, 5) is 19.0. The maximum Gasteiger partial charge on any atom is 0.268 e. The summed E-state index contributed by atoms with van der Waals surface area (Å²) in [6.07, 6.45) is 5.58. The zero-order valence-electron chi connectivity index (χ0n) is 11.3. The van der Waals surface area contributed by atoms with Crippen LogP contribution >= 0.6 is 11.3 Å². The predicted molar refractivity (Wildman–Crippen MR) is 78.9 cm³/mol. The molecule has 0 aromatic carbocycles. The summed E-state index contributed by atoms with van der Waals surface area (Å²) in [6, 6.07) is 0.736. The Labute approximate surface area is 122 Å². The second kappa shape index (κ2) is 5.57. The number of nitrogens with zero attached hydrogens (tertiary/aromatic N) is 2. The topological polar surface area (TPSA) is 91.5 Å². The van der Waals surface area contributed by atoms with E-state index in [-0.39, 0.29) is 18.6 Å². The van der Waals surface area contributed by atoms with Crippen molar-refractivity contribution in [2.75, 3.05) is 24.2 Å². The molecule has 0 aliphatic heterocycles. The first-order chi connectivity index (χ1) is 9.69. The quantitative estimate of drug-likeness (QED) is 0.735. The molecule has 4 N–H and O–H groups in total. The number of aliphatic hydroxyl groups is 1. The Kier molecular flexibility index (Phi) is 3.80. The summed E-state index contributed by atoms with van der Waals surface area (Å²) in [6.45, 7) is 0.348. The minimum atomic E-state index is -0.0989. The van der Waals surface area contributed by atoms with E-state index in [1.165, 1.54) is 17.8 Å². The number of aliphatic hydroxyl groups excluding tert-OH is 1. The van der Waals surface area contributed by atoms with Crippen molar-refractivity contribution in [1.29, 1.82) is 0 Å². The van der Waals surface area contributed by atoms with Crippen LogP contribution in [0.25, 0.3) is 0 Å². The lowest BCUT2D eigenvalue weighted by Gasteiger charge is -2.25. The Morgan fingerprint density at radius 2 is 2.20 bits per heavy atom. The van der Waals surface area contributed by atoms with Gasteiger partial charge >= 0.3 is 0 Å². The number of rotatable bonds is 6. The number of amides is 1. The van der Waals surface area contributed by atoms with Gasteiger partial charge in [-0.1, -0.05) is 11.3 Å². The van der Waals surface area contributed by atoms with E-state index >= 15 is 0 Å². The number of anilines is 2. The Bertz CT molecular complexity index is 497. The molecule has 110 valence electrons. The number of hydrogen-bond acceptors (Lipinski definition) is 6. The number of carbonyl (C=O) groups excluding carboxylic acids is 1. The molecule has 2 saturated carbocycles. The van der Waals surface area contributed by atoms with Crippen molar-refractivity contribution >= 4 is 28.2 Å². The van der Waals surface area contributed by atoms with Crippen LogP contribution in [0.2, 0.25) is 0 Å². The van der Waals surface area contributed by atoms with Gasteiger partial charge < -0.3 is 21.1 Å². The van der Waals surface area contributed by atoms with Gasteiger partial charge in [-0.05, 0) is 32.1 Å². The molecule has 7 heteroatoms. The lowest BCUT2D eigenvalue weighted by Crippen LogP contribution is -2.35. The lowest BCUT2D eigenvalue weighted by atomic mass is 9.93. The molecule has 2 aliphatic rings. The van der Waals surface area contributed by atoms with Crippen molar-refractivity contribution in [1.82, 2.24) is 9.88 Å². The molecule has 2 aliphatic carbocycles. The molecule has 1 amide bonds. The zero-order valence-corrected chi connectivity index (χ0v) is 12.2. The van der Waals surface area contributed by atoms with E-state index in [1.54, 1.807) is 4.90 Å². The number of nitrogens with two attached hydrogens (primary N) is 1. The third-order valence-corrected chi connectivity index (χ3v) is 4.86. The average molecular weight is 296 g/mol. The maximum absolute atomic E-state index is 12.5. The smallest absolute Gasteiger partial charge is 0.268 e. The van der Waals surface area contributed by atoms with Gasteiger partial charge in [0.2, 0.25) is 0 Å². The third-order valence-electron chi connectivity index (χ3n) is 3.87. The van der Waals surface area contributed by atoms with Crippen LogP contribution in [0, 0.1) is 0 Å². The van der Waals surface area contributed by atoms with Crippen molar-refractivity contribution < 1.29 is 9.90 Å². The van der Waals surface area contributed by atoms with E-state index in [0.29, 0.717) is 23.3 Å². The fraction of sp³-hybridized carbons (Fsp3) is 0.692. The lowest BCUT2D eigenvalue weighted by molar-refractivity contribution is 0.0713. The molecular weight excluding hydrogens is 276 g/mol. The molecule has 0 bridgehead atoms. The van der Waals surface area contributed by atoms with E-state index in [1.807, 2.05) is 0 Å². The summed E-state index contributed by atoms with van der Waals surface area (Å²) < 4.78 is 0. The van der Waals surface area contributed by atoms with Crippen LogP contribution in [0.15, 0.2) is 0 Å². The Morgan fingerprint density at radius 1 is 1.45 bits per heavy atom. The number of hydrogen-bond donors (Lipinski definition) is 3. The van der Waals surface area contributed by atoms with Gasteiger partial charge in [-0.15, -0.1) is 0 Å². The monoisotopic (exact) mass is 296 g/mol. The van der Waals surface area contributed by atoms with Crippen molar-refractivity contribution in [2.24, 2.45) is 0 Å². The summed E-state index contributed by atoms with van der Waals surface area (Å²) in [5.41, 5.74) is 5.88. The van der Waals surface area contributed by atoms with Gasteiger partial charge in [0, 0.05) is 18.6 Å². The largest absolute Gasteiger partial charge is 0.395 e. The normalized spacial score (nSPS) is 18.6. The zero-order chi connectivity index (χ0) is 14.1. The predicted octanol–water partition coefficient (Wildman–Crippen LogP) is 1.29. The molecule has 3 rings (SSSR count). The molecule has 20 heavy (non-hydrogen) atoms. The van der Waals surface area contributed by atoms with Crippen LogP contribution in [0.5, 0.6) is 0 Å². The van der Waals surface area contributed by atoms with Gasteiger partial charge in [-0.3, -0.25) is 4.79 Å².